The molecular formula is C28H25FN4O3. The third-order valence-electron chi connectivity index (χ3n) is 6.62. The Bertz CT molecular complexity index is 1390. The molecular weight excluding hydrogens is 459 g/mol. The molecule has 0 radical (unpaired) electrons. The van der Waals surface area contributed by atoms with E-state index in [1.807, 2.05) is 52.8 Å². The first-order valence-electron chi connectivity index (χ1n) is 11.7. The molecule has 8 heteroatoms. The van der Waals surface area contributed by atoms with Crippen molar-refractivity contribution >= 4 is 17.3 Å². The van der Waals surface area contributed by atoms with Crippen molar-refractivity contribution in [1.29, 1.82) is 0 Å². The molecule has 1 saturated heterocycles. The van der Waals surface area contributed by atoms with Crippen molar-refractivity contribution in [3.05, 3.63) is 112 Å². The lowest BCUT2D eigenvalue weighted by Gasteiger charge is -2.36. The Balaban J connectivity index is 1.40. The molecule has 1 fully saturated rings. The molecule has 0 bridgehead atoms. The minimum absolute atomic E-state index is 0.0473. The second kappa shape index (κ2) is 9.65. The monoisotopic (exact) mass is 484 g/mol. The van der Waals surface area contributed by atoms with Crippen molar-refractivity contribution in [1.82, 2.24) is 9.47 Å². The summed E-state index contributed by atoms with van der Waals surface area (Å²) in [4.78, 5) is 28.1. The first-order valence-corrected chi connectivity index (χ1v) is 11.7. The van der Waals surface area contributed by atoms with Crippen LogP contribution in [0.1, 0.15) is 16.1 Å². The molecule has 0 atom stereocenters. The second-order valence-electron chi connectivity index (χ2n) is 8.76. The second-order valence-corrected chi connectivity index (χ2v) is 8.76. The van der Waals surface area contributed by atoms with E-state index in [9.17, 15) is 19.3 Å². The zero-order chi connectivity index (χ0) is 25.2. The molecule has 0 saturated carbocycles. The third-order valence-corrected chi connectivity index (χ3v) is 6.62. The van der Waals surface area contributed by atoms with Crippen molar-refractivity contribution in [2.75, 3.05) is 31.1 Å². The number of amides is 1. The number of piperazine rings is 1. The molecule has 1 aliphatic heterocycles. The number of nitro groups is 1. The van der Waals surface area contributed by atoms with Gasteiger partial charge in [0.25, 0.3) is 11.6 Å². The molecule has 4 aromatic rings. The third kappa shape index (κ3) is 4.45. The molecule has 36 heavy (non-hydrogen) atoms. The summed E-state index contributed by atoms with van der Waals surface area (Å²) in [6.45, 7) is 4.26. The van der Waals surface area contributed by atoms with Crippen LogP contribution in [0, 0.1) is 22.9 Å². The Morgan fingerprint density at radius 3 is 2.08 bits per heavy atom. The molecule has 7 nitrogen and oxygen atoms in total. The number of anilines is 1. The molecule has 0 aliphatic carbocycles. The maximum Gasteiger partial charge on any atom is 0.269 e. The topological polar surface area (TPSA) is 71.6 Å². The van der Waals surface area contributed by atoms with E-state index in [0.29, 0.717) is 31.7 Å². The number of carbonyl (C=O) groups excluding carboxylic acids is 1. The van der Waals surface area contributed by atoms with E-state index >= 15 is 0 Å². The van der Waals surface area contributed by atoms with Gasteiger partial charge in [-0.2, -0.15) is 0 Å². The Morgan fingerprint density at radius 2 is 1.47 bits per heavy atom. The molecule has 0 N–H and O–H groups in total. The maximum atomic E-state index is 13.6. The summed E-state index contributed by atoms with van der Waals surface area (Å²) in [6, 6.07) is 24.5. The highest BCUT2D eigenvalue weighted by Crippen LogP contribution is 2.31. The summed E-state index contributed by atoms with van der Waals surface area (Å²) in [7, 11) is 0. The van der Waals surface area contributed by atoms with Crippen LogP contribution in [0.4, 0.5) is 15.8 Å². The van der Waals surface area contributed by atoms with Gasteiger partial charge in [0.2, 0.25) is 0 Å². The largest absolute Gasteiger partial charge is 0.368 e. The van der Waals surface area contributed by atoms with Crippen LogP contribution in [0.5, 0.6) is 0 Å². The predicted octanol–water partition coefficient (Wildman–Crippen LogP) is 5.46. The number of benzene rings is 3. The van der Waals surface area contributed by atoms with Crippen LogP contribution in [0.2, 0.25) is 0 Å². The molecule has 1 aliphatic rings. The summed E-state index contributed by atoms with van der Waals surface area (Å²) in [5.74, 6) is -0.360. The first-order chi connectivity index (χ1) is 17.4. The quantitative estimate of drug-likeness (QED) is 0.279. The average Bonchev–Trinajstić information content (AvgIpc) is 3.26. The van der Waals surface area contributed by atoms with Gasteiger partial charge >= 0.3 is 0 Å². The van der Waals surface area contributed by atoms with E-state index in [4.69, 9.17) is 0 Å². The van der Waals surface area contributed by atoms with Gasteiger partial charge in [-0.1, -0.05) is 30.3 Å². The van der Waals surface area contributed by atoms with Crippen molar-refractivity contribution in [3.8, 4) is 16.9 Å². The van der Waals surface area contributed by atoms with Gasteiger partial charge in [-0.25, -0.2) is 4.39 Å². The van der Waals surface area contributed by atoms with Crippen LogP contribution < -0.4 is 4.90 Å². The number of halogens is 1. The minimum Gasteiger partial charge on any atom is -0.368 e. The van der Waals surface area contributed by atoms with Gasteiger partial charge < -0.3 is 14.4 Å². The molecule has 182 valence electrons. The first kappa shape index (κ1) is 23.3. The van der Waals surface area contributed by atoms with Crippen LogP contribution in [0.15, 0.2) is 84.9 Å². The van der Waals surface area contributed by atoms with Crippen LogP contribution in [-0.4, -0.2) is 46.5 Å². The highest BCUT2D eigenvalue weighted by atomic mass is 19.1. The van der Waals surface area contributed by atoms with E-state index in [1.54, 1.807) is 24.3 Å². The van der Waals surface area contributed by atoms with Gasteiger partial charge in [-0.05, 0) is 55.0 Å². The lowest BCUT2D eigenvalue weighted by atomic mass is 10.1. The van der Waals surface area contributed by atoms with Crippen molar-refractivity contribution in [3.63, 3.8) is 0 Å². The Morgan fingerprint density at radius 1 is 0.861 bits per heavy atom. The molecule has 0 unspecified atom stereocenters. The number of hydrogen-bond acceptors (Lipinski definition) is 4. The summed E-state index contributed by atoms with van der Waals surface area (Å²) in [5, 5.41) is 10.9. The fraction of sp³-hybridized carbons (Fsp3) is 0.179. The zero-order valence-electron chi connectivity index (χ0n) is 19.8. The number of aromatic nitrogens is 1. The molecule has 0 spiro atoms. The molecule has 1 aromatic heterocycles. The lowest BCUT2D eigenvalue weighted by molar-refractivity contribution is -0.384. The maximum absolute atomic E-state index is 13.6. The number of non-ortho nitro benzene ring substituents is 1. The van der Waals surface area contributed by atoms with Crippen molar-refractivity contribution in [2.24, 2.45) is 0 Å². The predicted molar refractivity (Wildman–Crippen MR) is 137 cm³/mol. The van der Waals surface area contributed by atoms with Crippen LogP contribution in [0.3, 0.4) is 0 Å². The normalized spacial score (nSPS) is 13.6. The molecule has 2 heterocycles. The fourth-order valence-corrected chi connectivity index (χ4v) is 4.69. The van der Waals surface area contributed by atoms with Crippen molar-refractivity contribution < 1.29 is 14.1 Å². The number of hydrogen-bond donors (Lipinski definition) is 0. The van der Waals surface area contributed by atoms with Gasteiger partial charge in [-0.3, -0.25) is 14.9 Å². The van der Waals surface area contributed by atoms with Crippen LogP contribution in [0.25, 0.3) is 16.9 Å². The molecule has 5 rings (SSSR count). The summed E-state index contributed by atoms with van der Waals surface area (Å²) < 4.78 is 15.6. The number of nitrogens with zero attached hydrogens (tertiary/aromatic N) is 4. The smallest absolute Gasteiger partial charge is 0.269 e. The number of nitro benzene ring substituents is 1. The minimum atomic E-state index is -0.412. The number of rotatable bonds is 5. The van der Waals surface area contributed by atoms with Crippen molar-refractivity contribution in [2.45, 2.75) is 6.92 Å². The standard InChI is InChI=1S/C28H25FN4O3/c1-20-26(19-27(21-5-3-2-4-6-21)32(20)24-9-7-22(29)8-10-24)28(34)31-17-15-30(16-18-31)23-11-13-25(14-12-23)33(35)36/h2-14,19H,15-18H2,1H3. The summed E-state index contributed by atoms with van der Waals surface area (Å²) >= 11 is 0. The van der Waals surface area contributed by atoms with E-state index in [2.05, 4.69) is 4.90 Å². The summed E-state index contributed by atoms with van der Waals surface area (Å²) in [6.07, 6.45) is 0. The van der Waals surface area contributed by atoms with Crippen LogP contribution >= 0.6 is 0 Å². The average molecular weight is 485 g/mol. The highest BCUT2D eigenvalue weighted by molar-refractivity contribution is 5.97. The van der Waals surface area contributed by atoms with Crippen LogP contribution in [-0.2, 0) is 0 Å². The molecule has 1 amide bonds. The fourth-order valence-electron chi connectivity index (χ4n) is 4.69. The highest BCUT2D eigenvalue weighted by Gasteiger charge is 2.27. The summed E-state index contributed by atoms with van der Waals surface area (Å²) in [5.41, 5.74) is 4.99. The van der Waals surface area contributed by atoms with Gasteiger partial charge in [-0.15, -0.1) is 0 Å². The van der Waals surface area contributed by atoms with E-state index in [0.717, 1.165) is 28.3 Å². The van der Waals surface area contributed by atoms with Gasteiger partial charge in [0.1, 0.15) is 5.82 Å². The van der Waals surface area contributed by atoms with E-state index in [1.165, 1.54) is 24.3 Å². The van der Waals surface area contributed by atoms with Gasteiger partial charge in [0, 0.05) is 55.4 Å². The Labute approximate surface area is 208 Å². The SMILES string of the molecule is Cc1c(C(=O)N2CCN(c3ccc([N+](=O)[O-])cc3)CC2)cc(-c2ccccc2)n1-c1ccc(F)cc1. The van der Waals surface area contributed by atoms with E-state index in [-0.39, 0.29) is 17.4 Å². The number of carbonyl (C=O) groups is 1. The zero-order valence-corrected chi connectivity index (χ0v) is 19.8. The van der Waals surface area contributed by atoms with Gasteiger partial charge in [0.05, 0.1) is 16.2 Å². The van der Waals surface area contributed by atoms with Gasteiger partial charge in [0.15, 0.2) is 0 Å². The lowest BCUT2D eigenvalue weighted by Crippen LogP contribution is -2.48. The Hall–Kier alpha value is -4.46. The molecule has 3 aromatic carbocycles. The Kier molecular flexibility index (Phi) is 6.25. The van der Waals surface area contributed by atoms with E-state index < -0.39 is 4.92 Å².